The van der Waals surface area contributed by atoms with Gasteiger partial charge in [0.25, 0.3) is 0 Å². The van der Waals surface area contributed by atoms with E-state index in [4.69, 9.17) is 16.4 Å². The molecule has 144 valence electrons. The number of alkyl halides is 3. The highest BCUT2D eigenvalue weighted by atomic mass is 35.5. The van der Waals surface area contributed by atoms with E-state index in [-0.39, 0.29) is 22.7 Å². The summed E-state index contributed by atoms with van der Waals surface area (Å²) < 4.78 is 44.6. The zero-order valence-electron chi connectivity index (χ0n) is 14.6. The van der Waals surface area contributed by atoms with Crippen molar-refractivity contribution in [2.45, 2.75) is 25.1 Å². The maximum absolute atomic E-state index is 12.9. The molecule has 3 rings (SSSR count). The minimum Gasteiger partial charge on any atom is -0.465 e. The van der Waals surface area contributed by atoms with Gasteiger partial charge in [0.2, 0.25) is 0 Å². The summed E-state index contributed by atoms with van der Waals surface area (Å²) in [6.45, 7) is 1.62. The van der Waals surface area contributed by atoms with Crippen molar-refractivity contribution < 1.29 is 27.5 Å². The van der Waals surface area contributed by atoms with Crippen LogP contribution in [0.2, 0.25) is 5.02 Å². The first-order valence-electron chi connectivity index (χ1n) is 7.80. The second-order valence-corrected chi connectivity index (χ2v) is 6.67. The summed E-state index contributed by atoms with van der Waals surface area (Å²) >= 11 is 6.00. The van der Waals surface area contributed by atoms with E-state index in [1.165, 1.54) is 26.3 Å². The summed E-state index contributed by atoms with van der Waals surface area (Å²) in [4.78, 5) is 17.3. The second kappa shape index (κ2) is 6.56. The highest BCUT2D eigenvalue weighted by Crippen LogP contribution is 2.39. The minimum absolute atomic E-state index is 0.160. The van der Waals surface area contributed by atoms with Gasteiger partial charge in [0.05, 0.1) is 29.1 Å². The number of hydrogen-bond acceptors (Lipinski definition) is 5. The number of methoxy groups -OCH3 is 1. The van der Waals surface area contributed by atoms with Gasteiger partial charge in [-0.2, -0.15) is 18.3 Å². The van der Waals surface area contributed by atoms with Crippen LogP contribution in [0.5, 0.6) is 0 Å². The molecule has 1 atom stereocenters. The molecule has 2 aromatic rings. The van der Waals surface area contributed by atoms with E-state index >= 15 is 0 Å². The van der Waals surface area contributed by atoms with Crippen LogP contribution < -0.4 is 0 Å². The Kier molecular flexibility index (Phi) is 4.67. The Bertz CT molecular complexity index is 939. The van der Waals surface area contributed by atoms with Crippen molar-refractivity contribution in [2.24, 2.45) is 12.2 Å². The van der Waals surface area contributed by atoms with E-state index in [0.717, 1.165) is 10.7 Å². The van der Waals surface area contributed by atoms with Crippen molar-refractivity contribution in [3.8, 4) is 0 Å². The van der Waals surface area contributed by atoms with E-state index in [1.54, 1.807) is 13.0 Å². The van der Waals surface area contributed by atoms with Crippen LogP contribution in [-0.4, -0.2) is 28.6 Å². The third kappa shape index (κ3) is 3.51. The first kappa shape index (κ1) is 19.2. The van der Waals surface area contributed by atoms with Gasteiger partial charge in [0, 0.05) is 19.0 Å². The van der Waals surface area contributed by atoms with Crippen LogP contribution in [0.4, 0.5) is 13.2 Å². The highest BCUT2D eigenvalue weighted by Gasteiger charge is 2.43. The van der Waals surface area contributed by atoms with E-state index in [9.17, 15) is 18.0 Å². The molecule has 0 spiro atoms. The van der Waals surface area contributed by atoms with E-state index in [2.05, 4.69) is 15.0 Å². The van der Waals surface area contributed by atoms with Crippen LogP contribution in [0.1, 0.15) is 40.7 Å². The molecule has 27 heavy (non-hydrogen) atoms. The van der Waals surface area contributed by atoms with Gasteiger partial charge in [-0.25, -0.2) is 4.79 Å². The number of benzene rings is 1. The standard InChI is InChI=1S/C17H15ClF3N3O3/c1-16(14-7-13(17(19,20)21)22-24(14)2)8-12(23-27-16)9-4-5-11(18)10(6-9)15(25)26-3/h4-7H,8H2,1-3H3. The fourth-order valence-electron chi connectivity index (χ4n) is 2.90. The summed E-state index contributed by atoms with van der Waals surface area (Å²) in [6.07, 6.45) is -4.37. The van der Waals surface area contributed by atoms with Crippen LogP contribution >= 0.6 is 11.6 Å². The predicted octanol–water partition coefficient (Wildman–Crippen LogP) is 3.92. The minimum atomic E-state index is -4.56. The molecule has 10 heteroatoms. The topological polar surface area (TPSA) is 65.7 Å². The van der Waals surface area contributed by atoms with E-state index in [0.29, 0.717) is 11.3 Å². The van der Waals surface area contributed by atoms with Gasteiger partial charge in [-0.3, -0.25) is 4.68 Å². The highest BCUT2D eigenvalue weighted by molar-refractivity contribution is 6.33. The van der Waals surface area contributed by atoms with Crippen LogP contribution in [0, 0.1) is 0 Å². The number of carbonyl (C=O) groups excluding carboxylic acids is 1. The number of rotatable bonds is 3. The zero-order chi connectivity index (χ0) is 20.0. The molecule has 1 aliphatic heterocycles. The largest absolute Gasteiger partial charge is 0.465 e. The van der Waals surface area contributed by atoms with Gasteiger partial charge >= 0.3 is 12.1 Å². The van der Waals surface area contributed by atoms with Crippen molar-refractivity contribution in [1.29, 1.82) is 0 Å². The number of carbonyl (C=O) groups is 1. The normalized spacial score (nSPS) is 19.6. The lowest BCUT2D eigenvalue weighted by Crippen LogP contribution is -2.25. The van der Waals surface area contributed by atoms with Gasteiger partial charge in [0.15, 0.2) is 11.3 Å². The summed E-state index contributed by atoms with van der Waals surface area (Å²) in [7, 11) is 2.65. The van der Waals surface area contributed by atoms with E-state index in [1.807, 2.05) is 0 Å². The number of nitrogens with zero attached hydrogens (tertiary/aromatic N) is 3. The second-order valence-electron chi connectivity index (χ2n) is 6.26. The molecule has 1 unspecified atom stereocenters. The Balaban J connectivity index is 1.90. The molecule has 1 aromatic heterocycles. The first-order chi connectivity index (χ1) is 12.5. The molecule has 0 N–H and O–H groups in total. The lowest BCUT2D eigenvalue weighted by molar-refractivity contribution is -0.141. The number of hydrogen-bond donors (Lipinski definition) is 0. The first-order valence-corrected chi connectivity index (χ1v) is 8.18. The quantitative estimate of drug-likeness (QED) is 0.731. The smallest absolute Gasteiger partial charge is 0.435 e. The molecule has 0 fully saturated rings. The van der Waals surface area contributed by atoms with Crippen molar-refractivity contribution in [1.82, 2.24) is 9.78 Å². The fraction of sp³-hybridized carbons (Fsp3) is 0.353. The molecule has 6 nitrogen and oxygen atoms in total. The molecule has 0 radical (unpaired) electrons. The van der Waals surface area contributed by atoms with Crippen LogP contribution in [0.25, 0.3) is 0 Å². The Morgan fingerprint density at radius 2 is 2.07 bits per heavy atom. The zero-order valence-corrected chi connectivity index (χ0v) is 15.4. The molecule has 1 aliphatic rings. The maximum atomic E-state index is 12.9. The number of aryl methyl sites for hydroxylation is 1. The number of halogens is 4. The Morgan fingerprint density at radius 3 is 2.67 bits per heavy atom. The molecule has 2 heterocycles. The predicted molar refractivity (Wildman–Crippen MR) is 90.6 cm³/mol. The molecule has 0 saturated carbocycles. The van der Waals surface area contributed by atoms with Crippen LogP contribution in [0.3, 0.4) is 0 Å². The van der Waals surface area contributed by atoms with Gasteiger partial charge < -0.3 is 9.57 Å². The van der Waals surface area contributed by atoms with Crippen molar-refractivity contribution in [2.75, 3.05) is 7.11 Å². The molecular weight excluding hydrogens is 387 g/mol. The fourth-order valence-corrected chi connectivity index (χ4v) is 3.10. The third-order valence-corrected chi connectivity index (χ3v) is 4.61. The van der Waals surface area contributed by atoms with Gasteiger partial charge in [-0.15, -0.1) is 0 Å². The Morgan fingerprint density at radius 1 is 1.37 bits per heavy atom. The van der Waals surface area contributed by atoms with Crippen molar-refractivity contribution in [3.63, 3.8) is 0 Å². The van der Waals surface area contributed by atoms with Crippen molar-refractivity contribution >= 4 is 23.3 Å². The Labute approximate surface area is 157 Å². The summed E-state index contributed by atoms with van der Waals surface area (Å²) in [5, 5.41) is 7.73. The molecule has 1 aromatic carbocycles. The number of aromatic nitrogens is 2. The van der Waals surface area contributed by atoms with Crippen LogP contribution in [-0.2, 0) is 28.4 Å². The summed E-state index contributed by atoms with van der Waals surface area (Å²) in [5.41, 5.74) is -0.719. The van der Waals surface area contributed by atoms with Crippen molar-refractivity contribution in [3.05, 3.63) is 51.8 Å². The number of oxime groups is 1. The average molecular weight is 402 g/mol. The third-order valence-electron chi connectivity index (χ3n) is 4.28. The lowest BCUT2D eigenvalue weighted by atomic mass is 9.92. The maximum Gasteiger partial charge on any atom is 0.435 e. The molecule has 0 aliphatic carbocycles. The Hall–Kier alpha value is -2.55. The van der Waals surface area contributed by atoms with Crippen LogP contribution in [0.15, 0.2) is 29.4 Å². The van der Waals surface area contributed by atoms with Gasteiger partial charge in [-0.05, 0) is 25.1 Å². The van der Waals surface area contributed by atoms with E-state index < -0.39 is 23.4 Å². The number of esters is 1. The van der Waals surface area contributed by atoms with Gasteiger partial charge in [0.1, 0.15) is 0 Å². The summed E-state index contributed by atoms with van der Waals surface area (Å²) in [6, 6.07) is 5.62. The number of ether oxygens (including phenoxy) is 1. The summed E-state index contributed by atoms with van der Waals surface area (Å²) in [5.74, 6) is -0.606. The molecule has 0 saturated heterocycles. The lowest BCUT2D eigenvalue weighted by Gasteiger charge is -2.21. The molecule has 0 amide bonds. The molecular formula is C17H15ClF3N3O3. The average Bonchev–Trinajstić information content (AvgIpc) is 3.19. The van der Waals surface area contributed by atoms with Gasteiger partial charge in [-0.1, -0.05) is 22.8 Å². The SMILES string of the molecule is COC(=O)c1cc(C2=NOC(C)(c3cc(C(F)(F)F)nn3C)C2)ccc1Cl. The monoisotopic (exact) mass is 401 g/mol. The molecule has 0 bridgehead atoms.